The van der Waals surface area contributed by atoms with Crippen LogP contribution in [-0.4, -0.2) is 41.3 Å². The van der Waals surface area contributed by atoms with Crippen LogP contribution >= 0.6 is 11.8 Å². The van der Waals surface area contributed by atoms with E-state index in [0.717, 1.165) is 0 Å². The number of carbonyl (C=O) groups is 2. The standard InChI is InChI=1S/C25H22N2O6S/c1-32-20-12-11-16(13-21(20)33-2)25-27(26-23(30)17-8-4-6-10-19(17)29)24(31)22(34-25)14-15-7-3-5-9-18(15)28/h3-14,25,28-29H,1-2H3,(H,26,30)/b22-14-. The summed E-state index contributed by atoms with van der Waals surface area (Å²) >= 11 is 1.21. The molecule has 3 N–H and O–H groups in total. The highest BCUT2D eigenvalue weighted by Crippen LogP contribution is 2.47. The van der Waals surface area contributed by atoms with Crippen molar-refractivity contribution >= 4 is 29.7 Å². The largest absolute Gasteiger partial charge is 0.507 e. The molecule has 34 heavy (non-hydrogen) atoms. The van der Waals surface area contributed by atoms with Crippen molar-refractivity contribution in [1.82, 2.24) is 10.4 Å². The number of methoxy groups -OCH3 is 2. The van der Waals surface area contributed by atoms with E-state index < -0.39 is 17.2 Å². The van der Waals surface area contributed by atoms with Gasteiger partial charge in [-0.25, -0.2) is 5.01 Å². The van der Waals surface area contributed by atoms with E-state index >= 15 is 0 Å². The molecule has 1 saturated heterocycles. The van der Waals surface area contributed by atoms with Crippen LogP contribution in [0.5, 0.6) is 23.0 Å². The van der Waals surface area contributed by atoms with E-state index in [-0.39, 0.29) is 17.1 Å². The van der Waals surface area contributed by atoms with Crippen molar-refractivity contribution in [3.05, 3.63) is 88.3 Å². The fraction of sp³-hybridized carbons (Fsp3) is 0.120. The molecule has 1 aliphatic rings. The number of phenolic OH excluding ortho intramolecular Hbond substituents is 2. The van der Waals surface area contributed by atoms with E-state index in [9.17, 15) is 19.8 Å². The molecule has 4 rings (SSSR count). The summed E-state index contributed by atoms with van der Waals surface area (Å²) in [6.45, 7) is 0. The number of rotatable bonds is 6. The SMILES string of the molecule is COc1ccc(C2S/C(=C\c3ccccc3O)C(=O)N2NC(=O)c2ccccc2O)cc1OC. The van der Waals surface area contributed by atoms with Crippen LogP contribution < -0.4 is 14.9 Å². The maximum Gasteiger partial charge on any atom is 0.280 e. The molecule has 1 atom stereocenters. The number of ether oxygens (including phenoxy) is 2. The Morgan fingerprint density at radius 1 is 0.971 bits per heavy atom. The zero-order chi connectivity index (χ0) is 24.2. The van der Waals surface area contributed by atoms with E-state index in [2.05, 4.69) is 5.43 Å². The van der Waals surface area contributed by atoms with Gasteiger partial charge in [-0.2, -0.15) is 0 Å². The first-order valence-electron chi connectivity index (χ1n) is 10.2. The minimum absolute atomic E-state index is 0.0303. The van der Waals surface area contributed by atoms with Gasteiger partial charge in [-0.3, -0.25) is 15.0 Å². The Kier molecular flexibility index (Phi) is 6.65. The molecular weight excluding hydrogens is 456 g/mol. The van der Waals surface area contributed by atoms with Crippen molar-refractivity contribution in [1.29, 1.82) is 0 Å². The average Bonchev–Trinajstić information content (AvgIpc) is 3.15. The molecule has 0 spiro atoms. The summed E-state index contributed by atoms with van der Waals surface area (Å²) in [7, 11) is 3.03. The molecule has 0 aliphatic carbocycles. The van der Waals surface area contributed by atoms with Crippen molar-refractivity contribution in [2.45, 2.75) is 5.37 Å². The number of phenols is 2. The van der Waals surface area contributed by atoms with Crippen LogP contribution in [0.4, 0.5) is 0 Å². The van der Waals surface area contributed by atoms with Crippen molar-refractivity contribution in [3.63, 3.8) is 0 Å². The summed E-state index contributed by atoms with van der Waals surface area (Å²) in [6.07, 6.45) is 1.57. The molecule has 1 aliphatic heterocycles. The first kappa shape index (κ1) is 23.1. The second-order valence-corrected chi connectivity index (χ2v) is 8.41. The Balaban J connectivity index is 1.73. The summed E-state index contributed by atoms with van der Waals surface area (Å²) in [5, 5.41) is 20.8. The monoisotopic (exact) mass is 478 g/mol. The molecule has 9 heteroatoms. The number of amides is 2. The molecule has 3 aromatic rings. The molecule has 0 aromatic heterocycles. The topological polar surface area (TPSA) is 108 Å². The first-order valence-corrected chi connectivity index (χ1v) is 11.1. The Morgan fingerprint density at radius 3 is 2.32 bits per heavy atom. The van der Waals surface area contributed by atoms with Gasteiger partial charge in [0.1, 0.15) is 16.9 Å². The van der Waals surface area contributed by atoms with E-state index in [1.807, 2.05) is 0 Å². The Bertz CT molecular complexity index is 1280. The van der Waals surface area contributed by atoms with E-state index in [0.29, 0.717) is 27.5 Å². The third kappa shape index (κ3) is 4.51. The second-order valence-electron chi connectivity index (χ2n) is 7.29. The van der Waals surface area contributed by atoms with Gasteiger partial charge in [-0.15, -0.1) is 0 Å². The van der Waals surface area contributed by atoms with Crippen LogP contribution in [0.2, 0.25) is 0 Å². The van der Waals surface area contributed by atoms with E-state index in [1.165, 1.54) is 49.2 Å². The Morgan fingerprint density at radius 2 is 1.65 bits per heavy atom. The molecule has 3 aromatic carbocycles. The summed E-state index contributed by atoms with van der Waals surface area (Å²) in [5.41, 5.74) is 3.80. The third-order valence-corrected chi connectivity index (χ3v) is 6.44. The maximum atomic E-state index is 13.4. The maximum absolute atomic E-state index is 13.4. The lowest BCUT2D eigenvalue weighted by Gasteiger charge is -2.24. The van der Waals surface area contributed by atoms with Crippen LogP contribution in [0.15, 0.2) is 71.6 Å². The van der Waals surface area contributed by atoms with E-state index in [1.54, 1.807) is 54.6 Å². The van der Waals surface area contributed by atoms with E-state index in [4.69, 9.17) is 9.47 Å². The van der Waals surface area contributed by atoms with Gasteiger partial charge in [-0.05, 0) is 42.0 Å². The van der Waals surface area contributed by atoms with Crippen LogP contribution in [0, 0.1) is 0 Å². The van der Waals surface area contributed by atoms with Crippen LogP contribution in [0.1, 0.15) is 26.9 Å². The zero-order valence-corrected chi connectivity index (χ0v) is 19.2. The molecule has 174 valence electrons. The Labute approximate surface area is 200 Å². The summed E-state index contributed by atoms with van der Waals surface area (Å²) in [6, 6.07) is 17.9. The number of nitrogens with zero attached hydrogens (tertiary/aromatic N) is 1. The molecule has 8 nitrogen and oxygen atoms in total. The zero-order valence-electron chi connectivity index (χ0n) is 18.4. The number of carbonyl (C=O) groups excluding carboxylic acids is 2. The lowest BCUT2D eigenvalue weighted by Crippen LogP contribution is -2.44. The lowest BCUT2D eigenvalue weighted by atomic mass is 10.1. The number of benzene rings is 3. The normalized spacial score (nSPS) is 16.5. The third-order valence-electron chi connectivity index (χ3n) is 5.19. The van der Waals surface area contributed by atoms with Crippen LogP contribution in [0.25, 0.3) is 6.08 Å². The average molecular weight is 479 g/mol. The molecule has 0 bridgehead atoms. The number of aromatic hydroxyl groups is 2. The number of hydrazine groups is 1. The summed E-state index contributed by atoms with van der Waals surface area (Å²) < 4.78 is 10.7. The van der Waals surface area contributed by atoms with Crippen LogP contribution in [-0.2, 0) is 4.79 Å². The predicted octanol–water partition coefficient (Wildman–Crippen LogP) is 4.08. The van der Waals surface area contributed by atoms with Gasteiger partial charge in [0.2, 0.25) is 0 Å². The Hall–Kier alpha value is -4.11. The molecule has 1 fully saturated rings. The van der Waals surface area contributed by atoms with Crippen LogP contribution in [0.3, 0.4) is 0 Å². The number of para-hydroxylation sites is 2. The van der Waals surface area contributed by atoms with Crippen molar-refractivity contribution in [3.8, 4) is 23.0 Å². The summed E-state index contributed by atoms with van der Waals surface area (Å²) in [5.74, 6) is -0.277. The quantitative estimate of drug-likeness (QED) is 0.458. The van der Waals surface area contributed by atoms with Gasteiger partial charge in [0.05, 0.1) is 24.7 Å². The summed E-state index contributed by atoms with van der Waals surface area (Å²) in [4.78, 5) is 26.6. The predicted molar refractivity (Wildman–Crippen MR) is 128 cm³/mol. The fourth-order valence-corrected chi connectivity index (χ4v) is 4.63. The lowest BCUT2D eigenvalue weighted by molar-refractivity contribution is -0.128. The second kappa shape index (κ2) is 9.80. The van der Waals surface area contributed by atoms with Crippen molar-refractivity contribution < 1.29 is 29.3 Å². The highest BCUT2D eigenvalue weighted by Gasteiger charge is 2.39. The molecule has 1 heterocycles. The minimum Gasteiger partial charge on any atom is -0.507 e. The van der Waals surface area contributed by atoms with Gasteiger partial charge in [0.25, 0.3) is 11.8 Å². The molecule has 2 amide bonds. The highest BCUT2D eigenvalue weighted by atomic mass is 32.2. The van der Waals surface area contributed by atoms with Gasteiger partial charge in [0.15, 0.2) is 11.5 Å². The van der Waals surface area contributed by atoms with Gasteiger partial charge in [-0.1, -0.05) is 48.2 Å². The fourth-order valence-electron chi connectivity index (χ4n) is 3.46. The number of thioether (sulfide) groups is 1. The van der Waals surface area contributed by atoms with Gasteiger partial charge in [0, 0.05) is 5.56 Å². The molecule has 0 saturated carbocycles. The molecule has 0 radical (unpaired) electrons. The van der Waals surface area contributed by atoms with Crippen molar-refractivity contribution in [2.24, 2.45) is 0 Å². The number of hydrogen-bond acceptors (Lipinski definition) is 7. The first-order chi connectivity index (χ1) is 16.4. The molecular formula is C25H22N2O6S. The minimum atomic E-state index is -0.640. The van der Waals surface area contributed by atoms with Gasteiger partial charge < -0.3 is 19.7 Å². The van der Waals surface area contributed by atoms with Gasteiger partial charge >= 0.3 is 0 Å². The van der Waals surface area contributed by atoms with Crippen molar-refractivity contribution in [2.75, 3.05) is 14.2 Å². The highest BCUT2D eigenvalue weighted by molar-refractivity contribution is 8.04. The molecule has 1 unspecified atom stereocenters. The smallest absolute Gasteiger partial charge is 0.280 e. The number of nitrogens with one attached hydrogen (secondary N) is 1. The number of hydrogen-bond donors (Lipinski definition) is 3.